The standard InChI is InChI=1S/C15H21F2N3O/c16-12-8-11(9-13(17)14(12)20-18)15(21)19-7-3-6-10-4-1-2-5-10/h8-10,20H,1-7,18H2,(H,19,21). The second kappa shape index (κ2) is 7.36. The average molecular weight is 297 g/mol. The maximum absolute atomic E-state index is 13.5. The van der Waals surface area contributed by atoms with E-state index in [9.17, 15) is 13.6 Å². The molecule has 0 spiro atoms. The van der Waals surface area contributed by atoms with E-state index < -0.39 is 23.2 Å². The summed E-state index contributed by atoms with van der Waals surface area (Å²) in [6, 6.07) is 1.95. The molecule has 0 radical (unpaired) electrons. The van der Waals surface area contributed by atoms with Crippen molar-refractivity contribution in [2.75, 3.05) is 12.0 Å². The summed E-state index contributed by atoms with van der Waals surface area (Å²) in [5.74, 6) is 3.54. The van der Waals surface area contributed by atoms with Crippen LogP contribution in [0.15, 0.2) is 12.1 Å². The minimum atomic E-state index is -0.881. The number of nitrogens with one attached hydrogen (secondary N) is 2. The van der Waals surface area contributed by atoms with Gasteiger partial charge in [-0.05, 0) is 30.9 Å². The van der Waals surface area contributed by atoms with Crippen LogP contribution in [0.25, 0.3) is 0 Å². The SMILES string of the molecule is NNc1c(F)cc(C(=O)NCCCC2CCCC2)cc1F. The quantitative estimate of drug-likeness (QED) is 0.429. The normalized spacial score (nSPS) is 15.2. The summed E-state index contributed by atoms with van der Waals surface area (Å²) in [6.07, 6.45) is 7.15. The van der Waals surface area contributed by atoms with Gasteiger partial charge in [0.1, 0.15) is 5.69 Å². The van der Waals surface area contributed by atoms with Crippen molar-refractivity contribution in [3.05, 3.63) is 29.3 Å². The first-order valence-electron chi connectivity index (χ1n) is 7.35. The van der Waals surface area contributed by atoms with Gasteiger partial charge in [0.25, 0.3) is 5.91 Å². The molecular formula is C15H21F2N3O. The van der Waals surface area contributed by atoms with E-state index in [4.69, 9.17) is 5.84 Å². The fraction of sp³-hybridized carbons (Fsp3) is 0.533. The van der Waals surface area contributed by atoms with Crippen molar-refractivity contribution in [1.29, 1.82) is 0 Å². The molecule has 1 fully saturated rings. The first kappa shape index (κ1) is 15.7. The molecule has 2 rings (SSSR count). The molecule has 4 N–H and O–H groups in total. The van der Waals surface area contributed by atoms with E-state index in [1.807, 2.05) is 5.43 Å². The highest BCUT2D eigenvalue weighted by molar-refractivity contribution is 5.94. The highest BCUT2D eigenvalue weighted by atomic mass is 19.1. The van der Waals surface area contributed by atoms with Crippen LogP contribution in [0.5, 0.6) is 0 Å². The van der Waals surface area contributed by atoms with Gasteiger partial charge >= 0.3 is 0 Å². The van der Waals surface area contributed by atoms with Crippen molar-refractivity contribution < 1.29 is 13.6 Å². The van der Waals surface area contributed by atoms with Crippen molar-refractivity contribution in [2.24, 2.45) is 11.8 Å². The van der Waals surface area contributed by atoms with Crippen LogP contribution in [-0.2, 0) is 0 Å². The van der Waals surface area contributed by atoms with Crippen molar-refractivity contribution >= 4 is 11.6 Å². The molecule has 0 aliphatic heterocycles. The summed E-state index contributed by atoms with van der Waals surface area (Å²) in [4.78, 5) is 11.8. The smallest absolute Gasteiger partial charge is 0.251 e. The Bertz CT molecular complexity index is 479. The zero-order chi connectivity index (χ0) is 15.2. The number of carbonyl (C=O) groups excluding carboxylic acids is 1. The molecule has 1 amide bonds. The van der Waals surface area contributed by atoms with Crippen molar-refractivity contribution in [3.63, 3.8) is 0 Å². The minimum absolute atomic E-state index is 0.0372. The number of amides is 1. The summed E-state index contributed by atoms with van der Waals surface area (Å²) in [5, 5.41) is 2.69. The summed E-state index contributed by atoms with van der Waals surface area (Å²) >= 11 is 0. The van der Waals surface area contributed by atoms with Gasteiger partial charge in [0, 0.05) is 12.1 Å². The predicted octanol–water partition coefficient (Wildman–Crippen LogP) is 2.95. The molecule has 4 nitrogen and oxygen atoms in total. The van der Waals surface area contributed by atoms with Crippen molar-refractivity contribution in [2.45, 2.75) is 38.5 Å². The maximum atomic E-state index is 13.5. The van der Waals surface area contributed by atoms with E-state index in [1.54, 1.807) is 0 Å². The number of halogens is 2. The summed E-state index contributed by atoms with van der Waals surface area (Å²) in [5.41, 5.74) is 1.46. The van der Waals surface area contributed by atoms with E-state index in [0.717, 1.165) is 30.9 Å². The van der Waals surface area contributed by atoms with Gasteiger partial charge in [-0.1, -0.05) is 25.7 Å². The molecule has 1 saturated carbocycles. The lowest BCUT2D eigenvalue weighted by molar-refractivity contribution is 0.0951. The lowest BCUT2D eigenvalue weighted by Crippen LogP contribution is -2.25. The average Bonchev–Trinajstić information content (AvgIpc) is 2.96. The molecule has 21 heavy (non-hydrogen) atoms. The molecule has 6 heteroatoms. The van der Waals surface area contributed by atoms with Gasteiger partial charge < -0.3 is 10.7 Å². The number of nitrogens with two attached hydrogens (primary N) is 1. The highest BCUT2D eigenvalue weighted by Gasteiger charge is 2.16. The third-order valence-electron chi connectivity index (χ3n) is 4.00. The van der Waals surface area contributed by atoms with E-state index in [0.29, 0.717) is 6.54 Å². The summed E-state index contributed by atoms with van der Waals surface area (Å²) in [6.45, 7) is 0.523. The maximum Gasteiger partial charge on any atom is 0.251 e. The Morgan fingerprint density at radius 2 is 1.86 bits per heavy atom. The van der Waals surface area contributed by atoms with Crippen LogP contribution >= 0.6 is 0 Å². The topological polar surface area (TPSA) is 67.1 Å². The molecule has 1 aliphatic carbocycles. The fourth-order valence-electron chi connectivity index (χ4n) is 2.84. The van der Waals surface area contributed by atoms with Crippen molar-refractivity contribution in [3.8, 4) is 0 Å². The highest BCUT2D eigenvalue weighted by Crippen LogP contribution is 2.28. The Hall–Kier alpha value is -1.69. The lowest BCUT2D eigenvalue weighted by atomic mass is 10.0. The second-order valence-electron chi connectivity index (χ2n) is 5.51. The Morgan fingerprint density at radius 1 is 1.24 bits per heavy atom. The number of anilines is 1. The number of hydrogen-bond donors (Lipinski definition) is 3. The van der Waals surface area contributed by atoms with Crippen molar-refractivity contribution in [1.82, 2.24) is 5.32 Å². The molecule has 1 aliphatic rings. The number of hydrazine groups is 1. The number of benzene rings is 1. The molecule has 0 heterocycles. The van der Waals surface area contributed by atoms with Crippen LogP contribution in [0, 0.1) is 17.6 Å². The fourth-order valence-corrected chi connectivity index (χ4v) is 2.84. The van der Waals surface area contributed by atoms with Crippen LogP contribution in [0.4, 0.5) is 14.5 Å². The van der Waals surface area contributed by atoms with E-state index in [2.05, 4.69) is 5.32 Å². The second-order valence-corrected chi connectivity index (χ2v) is 5.51. The third-order valence-corrected chi connectivity index (χ3v) is 4.00. The van der Waals surface area contributed by atoms with Gasteiger partial charge in [0.15, 0.2) is 11.6 Å². The van der Waals surface area contributed by atoms with E-state index in [-0.39, 0.29) is 5.56 Å². The molecule has 0 aromatic heterocycles. The minimum Gasteiger partial charge on any atom is -0.352 e. The monoisotopic (exact) mass is 297 g/mol. The molecule has 0 unspecified atom stereocenters. The Morgan fingerprint density at radius 3 is 2.43 bits per heavy atom. The molecule has 1 aromatic carbocycles. The number of carbonyl (C=O) groups is 1. The first-order chi connectivity index (χ1) is 10.1. The van der Waals surface area contributed by atoms with E-state index >= 15 is 0 Å². The molecule has 0 atom stereocenters. The van der Waals surface area contributed by atoms with Crippen LogP contribution in [-0.4, -0.2) is 12.5 Å². The molecule has 1 aromatic rings. The molecular weight excluding hydrogens is 276 g/mol. The van der Waals surface area contributed by atoms with Gasteiger partial charge in [0.2, 0.25) is 0 Å². The number of rotatable bonds is 6. The zero-order valence-electron chi connectivity index (χ0n) is 11.9. The molecule has 0 bridgehead atoms. The van der Waals surface area contributed by atoms with Gasteiger partial charge in [-0.3, -0.25) is 10.6 Å². The van der Waals surface area contributed by atoms with Gasteiger partial charge in [-0.25, -0.2) is 8.78 Å². The summed E-state index contributed by atoms with van der Waals surface area (Å²) < 4.78 is 27.0. The Kier molecular flexibility index (Phi) is 5.50. The summed E-state index contributed by atoms with van der Waals surface area (Å²) in [7, 11) is 0. The van der Waals surface area contributed by atoms with Crippen LogP contribution in [0.1, 0.15) is 48.9 Å². The van der Waals surface area contributed by atoms with Crippen LogP contribution in [0.2, 0.25) is 0 Å². The predicted molar refractivity (Wildman–Crippen MR) is 77.7 cm³/mol. The zero-order valence-corrected chi connectivity index (χ0v) is 11.9. The van der Waals surface area contributed by atoms with Crippen LogP contribution in [0.3, 0.4) is 0 Å². The van der Waals surface area contributed by atoms with Gasteiger partial charge in [0.05, 0.1) is 0 Å². The van der Waals surface area contributed by atoms with Gasteiger partial charge in [-0.15, -0.1) is 0 Å². The first-order valence-corrected chi connectivity index (χ1v) is 7.35. The number of nitrogen functional groups attached to an aromatic ring is 1. The third kappa shape index (κ3) is 4.14. The largest absolute Gasteiger partial charge is 0.352 e. The van der Waals surface area contributed by atoms with E-state index in [1.165, 1.54) is 25.7 Å². The van der Waals surface area contributed by atoms with Crippen LogP contribution < -0.4 is 16.6 Å². The number of hydrogen-bond acceptors (Lipinski definition) is 3. The van der Waals surface area contributed by atoms with Gasteiger partial charge in [-0.2, -0.15) is 0 Å². The lowest BCUT2D eigenvalue weighted by Gasteiger charge is -2.10. The molecule has 0 saturated heterocycles. The Balaban J connectivity index is 1.82. The molecule has 116 valence electrons. The Labute approximate surface area is 123 Å².